The molecule has 1 aliphatic heterocycles. The molecule has 140 valence electrons. The van der Waals surface area contributed by atoms with Crippen LogP contribution in [0.25, 0.3) is 0 Å². The van der Waals surface area contributed by atoms with Crippen LogP contribution in [0.1, 0.15) is 43.0 Å². The highest BCUT2D eigenvalue weighted by Crippen LogP contribution is 2.40. The third-order valence-electron chi connectivity index (χ3n) is 4.78. The highest BCUT2D eigenvalue weighted by Gasteiger charge is 2.43. The Morgan fingerprint density at radius 2 is 1.85 bits per heavy atom. The Balaban J connectivity index is 2.07. The molecule has 5 heteroatoms. The van der Waals surface area contributed by atoms with Gasteiger partial charge < -0.3 is 10.0 Å². The van der Waals surface area contributed by atoms with Crippen molar-refractivity contribution in [3.8, 4) is 0 Å². The predicted molar refractivity (Wildman–Crippen MR) is 103 cm³/mol. The number of aliphatic hydroxyl groups is 1. The maximum Gasteiger partial charge on any atom is 0.290 e. The number of pyridine rings is 1. The van der Waals surface area contributed by atoms with Gasteiger partial charge in [0.25, 0.3) is 5.91 Å². The van der Waals surface area contributed by atoms with E-state index in [4.69, 9.17) is 0 Å². The minimum absolute atomic E-state index is 0.139. The zero-order chi connectivity index (χ0) is 19.6. The van der Waals surface area contributed by atoms with Gasteiger partial charge in [0, 0.05) is 25.4 Å². The van der Waals surface area contributed by atoms with Gasteiger partial charge in [-0.1, -0.05) is 38.1 Å². The monoisotopic (exact) mass is 364 g/mol. The van der Waals surface area contributed by atoms with E-state index in [2.05, 4.69) is 4.98 Å². The van der Waals surface area contributed by atoms with Gasteiger partial charge in [0.1, 0.15) is 0 Å². The summed E-state index contributed by atoms with van der Waals surface area (Å²) in [6, 6.07) is 10.7. The fraction of sp³-hybridized carbons (Fsp3) is 0.318. The van der Waals surface area contributed by atoms with Crippen LogP contribution < -0.4 is 0 Å². The molecule has 0 saturated carbocycles. The zero-order valence-electron chi connectivity index (χ0n) is 15.8. The van der Waals surface area contributed by atoms with Crippen molar-refractivity contribution in [2.45, 2.75) is 39.8 Å². The number of aromatic nitrogens is 1. The molecule has 0 aliphatic carbocycles. The molecule has 0 radical (unpaired) electrons. The average molecular weight is 364 g/mol. The van der Waals surface area contributed by atoms with Gasteiger partial charge in [-0.15, -0.1) is 0 Å². The molecule has 0 bridgehead atoms. The van der Waals surface area contributed by atoms with E-state index in [1.54, 1.807) is 17.3 Å². The first-order valence-corrected chi connectivity index (χ1v) is 9.12. The number of carbonyl (C=O) groups is 2. The van der Waals surface area contributed by atoms with Crippen LogP contribution in [0.5, 0.6) is 0 Å². The highest BCUT2D eigenvalue weighted by molar-refractivity contribution is 6.09. The summed E-state index contributed by atoms with van der Waals surface area (Å²) in [6.45, 7) is 6.14. The number of carbonyl (C=O) groups excluding carboxylic acids is 2. The molecule has 1 aliphatic rings. The van der Waals surface area contributed by atoms with Crippen LogP contribution in [-0.2, 0) is 16.1 Å². The molecule has 1 N–H and O–H groups in total. The maximum atomic E-state index is 12.9. The van der Waals surface area contributed by atoms with E-state index in [1.807, 2.05) is 57.2 Å². The molecule has 0 saturated heterocycles. The molecule has 2 aromatic rings. The molecule has 5 nitrogen and oxygen atoms in total. The van der Waals surface area contributed by atoms with E-state index < -0.39 is 17.7 Å². The van der Waals surface area contributed by atoms with Crippen molar-refractivity contribution in [2.24, 2.45) is 5.92 Å². The summed E-state index contributed by atoms with van der Waals surface area (Å²) in [4.78, 5) is 31.3. The van der Waals surface area contributed by atoms with Crippen LogP contribution in [0.4, 0.5) is 0 Å². The molecule has 1 atom stereocenters. The lowest BCUT2D eigenvalue weighted by molar-refractivity contribution is -0.130. The van der Waals surface area contributed by atoms with E-state index in [0.29, 0.717) is 6.54 Å². The Morgan fingerprint density at radius 1 is 1.19 bits per heavy atom. The largest absolute Gasteiger partial charge is 0.503 e. The van der Waals surface area contributed by atoms with Crippen molar-refractivity contribution in [3.63, 3.8) is 0 Å². The van der Waals surface area contributed by atoms with E-state index >= 15 is 0 Å². The van der Waals surface area contributed by atoms with Crippen LogP contribution in [0.15, 0.2) is 60.1 Å². The molecule has 1 amide bonds. The minimum atomic E-state index is -0.585. The second kappa shape index (κ2) is 7.74. The number of benzene rings is 1. The Morgan fingerprint density at radius 3 is 2.48 bits per heavy atom. The van der Waals surface area contributed by atoms with Crippen LogP contribution in [0.3, 0.4) is 0 Å². The van der Waals surface area contributed by atoms with Gasteiger partial charge in [-0.2, -0.15) is 0 Å². The quantitative estimate of drug-likeness (QED) is 0.844. The number of amides is 1. The summed E-state index contributed by atoms with van der Waals surface area (Å²) in [6.07, 6.45) is 3.62. The number of Topliss-reactive ketones (excluding diaryl/α,β-unsaturated/α-hetero) is 1. The topological polar surface area (TPSA) is 70.5 Å². The van der Waals surface area contributed by atoms with E-state index in [0.717, 1.165) is 16.7 Å². The van der Waals surface area contributed by atoms with Crippen LogP contribution >= 0.6 is 0 Å². The summed E-state index contributed by atoms with van der Waals surface area (Å²) in [5, 5.41) is 10.6. The number of hydrogen-bond donors (Lipinski definition) is 1. The molecule has 3 rings (SSSR count). The normalized spacial score (nSPS) is 17.1. The lowest BCUT2D eigenvalue weighted by Gasteiger charge is -2.28. The first-order chi connectivity index (χ1) is 12.9. The molecule has 2 heterocycles. The lowest BCUT2D eigenvalue weighted by atomic mass is 9.90. The first kappa shape index (κ1) is 18.8. The van der Waals surface area contributed by atoms with Gasteiger partial charge in [0.15, 0.2) is 11.5 Å². The number of aliphatic hydroxyl groups excluding tert-OH is 1. The molecule has 1 aromatic heterocycles. The Kier molecular flexibility index (Phi) is 5.40. The molecule has 1 unspecified atom stereocenters. The first-order valence-electron chi connectivity index (χ1n) is 9.12. The molecular weight excluding hydrogens is 340 g/mol. The van der Waals surface area contributed by atoms with E-state index in [1.165, 1.54) is 0 Å². The van der Waals surface area contributed by atoms with Crippen LogP contribution in [-0.4, -0.2) is 26.7 Å². The summed E-state index contributed by atoms with van der Waals surface area (Å²) in [5.41, 5.74) is 2.93. The molecule has 0 spiro atoms. The van der Waals surface area contributed by atoms with E-state index in [9.17, 15) is 14.7 Å². The van der Waals surface area contributed by atoms with Gasteiger partial charge in [-0.05, 0) is 41.7 Å². The number of rotatable bonds is 6. The number of aryl methyl sites for hydroxylation is 1. The Hall–Kier alpha value is -2.95. The lowest BCUT2D eigenvalue weighted by Crippen LogP contribution is -2.31. The van der Waals surface area contributed by atoms with Crippen molar-refractivity contribution in [1.29, 1.82) is 0 Å². The second-order valence-corrected chi connectivity index (χ2v) is 7.33. The summed E-state index contributed by atoms with van der Waals surface area (Å²) in [7, 11) is 0. The fourth-order valence-corrected chi connectivity index (χ4v) is 3.48. The molecule has 0 fully saturated rings. The maximum absolute atomic E-state index is 12.9. The van der Waals surface area contributed by atoms with Gasteiger partial charge in [0.05, 0.1) is 11.6 Å². The smallest absolute Gasteiger partial charge is 0.290 e. The number of nitrogens with zero attached hydrogens (tertiary/aromatic N) is 2. The van der Waals surface area contributed by atoms with Crippen molar-refractivity contribution in [3.05, 3.63) is 76.8 Å². The van der Waals surface area contributed by atoms with Gasteiger partial charge in [0.2, 0.25) is 0 Å². The van der Waals surface area contributed by atoms with Gasteiger partial charge in [-0.25, -0.2) is 0 Å². The Labute approximate surface area is 159 Å². The average Bonchev–Trinajstić information content (AvgIpc) is 2.87. The zero-order valence-corrected chi connectivity index (χ0v) is 15.8. The van der Waals surface area contributed by atoms with Crippen LogP contribution in [0.2, 0.25) is 0 Å². The fourth-order valence-electron chi connectivity index (χ4n) is 3.48. The molecule has 27 heavy (non-hydrogen) atoms. The van der Waals surface area contributed by atoms with Crippen molar-refractivity contribution in [2.75, 3.05) is 0 Å². The summed E-state index contributed by atoms with van der Waals surface area (Å²) < 4.78 is 0. The Bertz CT molecular complexity index is 887. The summed E-state index contributed by atoms with van der Waals surface area (Å²) in [5.74, 6) is -0.976. The van der Waals surface area contributed by atoms with E-state index in [-0.39, 0.29) is 23.7 Å². The second-order valence-electron chi connectivity index (χ2n) is 7.33. The molecular formula is C22H24N2O3. The minimum Gasteiger partial charge on any atom is -0.503 e. The van der Waals surface area contributed by atoms with Crippen molar-refractivity contribution >= 4 is 11.7 Å². The number of hydrogen-bond acceptors (Lipinski definition) is 4. The van der Waals surface area contributed by atoms with Gasteiger partial charge >= 0.3 is 0 Å². The van der Waals surface area contributed by atoms with Crippen LogP contribution in [0, 0.1) is 12.8 Å². The third-order valence-corrected chi connectivity index (χ3v) is 4.78. The SMILES string of the molecule is Cc1ccccc1C1C(C(=O)CC(C)C)=C(O)C(=O)N1Cc1ccncc1. The standard InChI is InChI=1S/C22H24N2O3/c1-14(2)12-18(25)19-20(17-7-5-4-6-15(17)3)24(22(27)21(19)26)13-16-8-10-23-11-9-16/h4-11,14,20,26H,12-13H2,1-3H3. The van der Waals surface area contributed by atoms with Crippen molar-refractivity contribution < 1.29 is 14.7 Å². The van der Waals surface area contributed by atoms with Gasteiger partial charge in [-0.3, -0.25) is 14.6 Å². The predicted octanol–water partition coefficient (Wildman–Crippen LogP) is 3.90. The highest BCUT2D eigenvalue weighted by atomic mass is 16.3. The summed E-state index contributed by atoms with van der Waals surface area (Å²) >= 11 is 0. The molecule has 1 aromatic carbocycles. The van der Waals surface area contributed by atoms with Crippen molar-refractivity contribution in [1.82, 2.24) is 9.88 Å². The number of ketones is 1. The third kappa shape index (κ3) is 3.77.